The number of pyridine rings is 1. The SMILES string of the molecule is CC(=O)Nc1cc2c(cn1)C1(CC1)CN2c1cc(-c2cnn(C(F)F)c2)nc(C(C)(F)F)n1. The van der Waals surface area contributed by atoms with Gasteiger partial charge in [0, 0.05) is 61.5 Å². The molecule has 12 heteroatoms. The Morgan fingerprint density at radius 3 is 2.58 bits per heavy atom. The number of amides is 1. The Bertz CT molecular complexity index is 1250. The molecule has 4 heterocycles. The largest absolute Gasteiger partial charge is 0.333 e. The summed E-state index contributed by atoms with van der Waals surface area (Å²) in [5.41, 5.74) is 1.71. The van der Waals surface area contributed by atoms with Crippen molar-refractivity contribution < 1.29 is 22.4 Å². The van der Waals surface area contributed by atoms with Gasteiger partial charge in [0.1, 0.15) is 11.6 Å². The minimum atomic E-state index is -3.36. The molecule has 172 valence electrons. The zero-order valence-corrected chi connectivity index (χ0v) is 17.7. The van der Waals surface area contributed by atoms with E-state index in [2.05, 4.69) is 25.4 Å². The average Bonchev–Trinajstić information content (AvgIpc) is 3.21. The van der Waals surface area contributed by atoms with E-state index in [0.29, 0.717) is 29.7 Å². The summed E-state index contributed by atoms with van der Waals surface area (Å²) in [5.74, 6) is -3.84. The number of hydrogen-bond acceptors (Lipinski definition) is 6. The van der Waals surface area contributed by atoms with Crippen LogP contribution in [0.15, 0.2) is 30.7 Å². The summed E-state index contributed by atoms with van der Waals surface area (Å²) < 4.78 is 54.9. The van der Waals surface area contributed by atoms with Crippen LogP contribution in [0.3, 0.4) is 0 Å². The van der Waals surface area contributed by atoms with Crippen LogP contribution in [0.25, 0.3) is 11.3 Å². The van der Waals surface area contributed by atoms with Crippen LogP contribution in [0.4, 0.5) is 34.9 Å². The number of halogens is 4. The van der Waals surface area contributed by atoms with Crippen LogP contribution in [0, 0.1) is 0 Å². The highest BCUT2D eigenvalue weighted by molar-refractivity contribution is 5.89. The second-order valence-electron chi connectivity index (χ2n) is 8.44. The van der Waals surface area contributed by atoms with E-state index < -0.39 is 18.3 Å². The molecule has 1 saturated carbocycles. The fraction of sp³-hybridized carbons (Fsp3) is 0.381. The lowest BCUT2D eigenvalue weighted by Crippen LogP contribution is -2.22. The predicted molar refractivity (Wildman–Crippen MR) is 111 cm³/mol. The van der Waals surface area contributed by atoms with E-state index in [0.717, 1.165) is 30.8 Å². The Morgan fingerprint density at radius 2 is 1.97 bits per heavy atom. The molecule has 33 heavy (non-hydrogen) atoms. The number of alkyl halides is 4. The third-order valence-electron chi connectivity index (χ3n) is 5.84. The van der Waals surface area contributed by atoms with Crippen molar-refractivity contribution in [3.8, 4) is 11.3 Å². The Kier molecular flexibility index (Phi) is 4.66. The van der Waals surface area contributed by atoms with Gasteiger partial charge in [-0.1, -0.05) is 0 Å². The van der Waals surface area contributed by atoms with E-state index in [1.54, 1.807) is 17.2 Å². The normalized spacial score (nSPS) is 16.4. The molecule has 1 N–H and O–H groups in total. The summed E-state index contributed by atoms with van der Waals surface area (Å²) in [6.07, 6.45) is 5.71. The average molecular weight is 461 g/mol. The van der Waals surface area contributed by atoms with E-state index in [-0.39, 0.29) is 28.4 Å². The lowest BCUT2D eigenvalue weighted by atomic mass is 10.0. The molecule has 1 aliphatic heterocycles. The summed E-state index contributed by atoms with van der Waals surface area (Å²) in [4.78, 5) is 25.6. The quantitative estimate of drug-likeness (QED) is 0.568. The molecule has 0 atom stereocenters. The number of hydrogen-bond donors (Lipinski definition) is 1. The molecule has 0 aromatic carbocycles. The third-order valence-corrected chi connectivity index (χ3v) is 5.84. The molecule has 0 unspecified atom stereocenters. The zero-order chi connectivity index (χ0) is 23.5. The van der Waals surface area contributed by atoms with Crippen LogP contribution >= 0.6 is 0 Å². The molecule has 5 rings (SSSR count). The predicted octanol–water partition coefficient (Wildman–Crippen LogP) is 4.38. The van der Waals surface area contributed by atoms with E-state index in [4.69, 9.17) is 0 Å². The van der Waals surface area contributed by atoms with Crippen LogP contribution in [-0.4, -0.2) is 37.2 Å². The highest BCUT2D eigenvalue weighted by Gasteiger charge is 2.53. The van der Waals surface area contributed by atoms with Gasteiger partial charge in [-0.2, -0.15) is 22.7 Å². The Morgan fingerprint density at radius 1 is 1.21 bits per heavy atom. The number of carbonyl (C=O) groups is 1. The van der Waals surface area contributed by atoms with Crippen LogP contribution < -0.4 is 10.2 Å². The van der Waals surface area contributed by atoms with Crippen molar-refractivity contribution in [1.29, 1.82) is 0 Å². The molecule has 3 aromatic rings. The molecule has 1 spiro atoms. The minimum absolute atomic E-state index is 0.0536. The second-order valence-corrected chi connectivity index (χ2v) is 8.44. The third kappa shape index (κ3) is 3.79. The van der Waals surface area contributed by atoms with Crippen molar-refractivity contribution in [3.63, 3.8) is 0 Å². The highest BCUT2D eigenvalue weighted by atomic mass is 19.3. The number of anilines is 3. The lowest BCUT2D eigenvalue weighted by Gasteiger charge is -2.21. The molecule has 8 nitrogen and oxygen atoms in total. The topological polar surface area (TPSA) is 88.8 Å². The molecule has 1 amide bonds. The van der Waals surface area contributed by atoms with Crippen molar-refractivity contribution >= 4 is 23.2 Å². The van der Waals surface area contributed by atoms with Gasteiger partial charge in [0.2, 0.25) is 11.7 Å². The first-order valence-electron chi connectivity index (χ1n) is 10.2. The molecular weight excluding hydrogens is 442 g/mol. The van der Waals surface area contributed by atoms with Crippen LogP contribution in [-0.2, 0) is 16.1 Å². The van der Waals surface area contributed by atoms with Gasteiger partial charge in [-0.05, 0) is 12.8 Å². The van der Waals surface area contributed by atoms with Gasteiger partial charge in [0.05, 0.1) is 17.6 Å². The van der Waals surface area contributed by atoms with Crippen LogP contribution in [0.5, 0.6) is 0 Å². The van der Waals surface area contributed by atoms with E-state index in [1.807, 2.05) is 0 Å². The van der Waals surface area contributed by atoms with Crippen molar-refractivity contribution in [2.45, 2.75) is 44.6 Å². The van der Waals surface area contributed by atoms with Gasteiger partial charge in [-0.25, -0.2) is 19.6 Å². The van der Waals surface area contributed by atoms with Crippen molar-refractivity contribution in [2.24, 2.45) is 0 Å². The van der Waals surface area contributed by atoms with Gasteiger partial charge in [0.15, 0.2) is 0 Å². The fourth-order valence-electron chi connectivity index (χ4n) is 4.08. The summed E-state index contributed by atoms with van der Waals surface area (Å²) in [5, 5.41) is 6.20. The number of nitrogens with zero attached hydrogens (tertiary/aromatic N) is 6. The molecule has 3 aromatic heterocycles. The monoisotopic (exact) mass is 461 g/mol. The van der Waals surface area contributed by atoms with E-state index in [9.17, 15) is 22.4 Å². The lowest BCUT2D eigenvalue weighted by molar-refractivity contribution is -0.114. The second kappa shape index (κ2) is 7.22. The first-order chi connectivity index (χ1) is 15.6. The molecule has 1 fully saturated rings. The van der Waals surface area contributed by atoms with Gasteiger partial charge in [-0.15, -0.1) is 0 Å². The molecule has 0 bridgehead atoms. The summed E-state index contributed by atoms with van der Waals surface area (Å²) >= 11 is 0. The van der Waals surface area contributed by atoms with Crippen molar-refractivity contribution in [3.05, 3.63) is 42.1 Å². The number of aromatic nitrogens is 5. The van der Waals surface area contributed by atoms with Crippen molar-refractivity contribution in [2.75, 3.05) is 16.8 Å². The standard InChI is InChI=1S/C21H19F4N7O/c1-11(33)28-16-6-15-13(8-26-16)21(3-4-21)10-31(15)17-5-14(29-18(30-17)20(2,24)25)12-7-27-32(9-12)19(22)23/h5-9,19H,3-4,10H2,1-2H3,(H,26,28,33). The van der Waals surface area contributed by atoms with E-state index in [1.165, 1.54) is 13.0 Å². The maximum Gasteiger partial charge on any atom is 0.333 e. The number of rotatable bonds is 5. The summed E-state index contributed by atoms with van der Waals surface area (Å²) in [7, 11) is 0. The maximum absolute atomic E-state index is 14.3. The molecule has 1 aliphatic carbocycles. The molecule has 0 saturated heterocycles. The summed E-state index contributed by atoms with van der Waals surface area (Å²) in [6, 6.07) is 3.16. The Labute approximate surface area is 185 Å². The number of carbonyl (C=O) groups excluding carboxylic acids is 1. The molecular formula is C21H19F4N7O. The van der Waals surface area contributed by atoms with Crippen molar-refractivity contribution in [1.82, 2.24) is 24.7 Å². The van der Waals surface area contributed by atoms with Gasteiger partial charge in [0.25, 0.3) is 0 Å². The minimum Gasteiger partial charge on any atom is -0.325 e. The maximum atomic E-state index is 14.3. The highest BCUT2D eigenvalue weighted by Crippen LogP contribution is 2.58. The zero-order valence-electron chi connectivity index (χ0n) is 17.7. The van der Waals surface area contributed by atoms with E-state index >= 15 is 0 Å². The Balaban J connectivity index is 1.63. The summed E-state index contributed by atoms with van der Waals surface area (Å²) in [6.45, 7) is -0.333. The molecule has 2 aliphatic rings. The number of fused-ring (bicyclic) bond motifs is 2. The fourth-order valence-corrected chi connectivity index (χ4v) is 4.08. The molecule has 0 radical (unpaired) electrons. The van der Waals surface area contributed by atoms with Crippen LogP contribution in [0.1, 0.15) is 44.6 Å². The van der Waals surface area contributed by atoms with Crippen LogP contribution in [0.2, 0.25) is 0 Å². The Hall–Kier alpha value is -3.57. The first-order valence-corrected chi connectivity index (χ1v) is 10.2. The smallest absolute Gasteiger partial charge is 0.325 e. The van der Waals surface area contributed by atoms with Gasteiger partial charge < -0.3 is 10.2 Å². The van der Waals surface area contributed by atoms with Gasteiger partial charge >= 0.3 is 12.5 Å². The van der Waals surface area contributed by atoms with Gasteiger partial charge in [-0.3, -0.25) is 4.79 Å². The number of nitrogens with one attached hydrogen (secondary N) is 1. The first kappa shape index (κ1) is 21.3.